The van der Waals surface area contributed by atoms with Crippen molar-refractivity contribution in [1.29, 1.82) is 0 Å². The molecule has 0 aliphatic carbocycles. The zero-order valence-electron chi connectivity index (χ0n) is 17.9. The van der Waals surface area contributed by atoms with Gasteiger partial charge in [-0.05, 0) is 58.0 Å². The van der Waals surface area contributed by atoms with Gasteiger partial charge in [-0.3, -0.25) is 4.40 Å². The summed E-state index contributed by atoms with van der Waals surface area (Å²) >= 11 is 0. The van der Waals surface area contributed by atoms with Gasteiger partial charge in [0.15, 0.2) is 0 Å². The number of para-hydroxylation sites is 2. The Morgan fingerprint density at radius 1 is 0.424 bits per heavy atom. The fourth-order valence-electron chi connectivity index (χ4n) is 4.98. The molecular weight excluding hydrogens is 400 g/mol. The van der Waals surface area contributed by atoms with Crippen LogP contribution in [0.4, 0.5) is 0 Å². The summed E-state index contributed by atoms with van der Waals surface area (Å²) in [6.45, 7) is 0. The maximum absolute atomic E-state index is 5.06. The van der Waals surface area contributed by atoms with E-state index in [4.69, 9.17) is 4.98 Å². The molecule has 0 radical (unpaired) electrons. The van der Waals surface area contributed by atoms with Crippen LogP contribution >= 0.6 is 0 Å². The molecule has 0 aliphatic heterocycles. The van der Waals surface area contributed by atoms with Crippen LogP contribution in [-0.2, 0) is 0 Å². The molecule has 0 bridgehead atoms. The summed E-state index contributed by atoms with van der Waals surface area (Å²) < 4.78 is 2.32. The minimum absolute atomic E-state index is 1.00. The van der Waals surface area contributed by atoms with Crippen molar-refractivity contribution in [3.05, 3.63) is 121 Å². The zero-order chi connectivity index (χ0) is 21.8. The number of nitrogens with zero attached hydrogens (tertiary/aromatic N) is 2. The lowest BCUT2D eigenvalue weighted by molar-refractivity contribution is 1.31. The monoisotopic (exact) mass is 420 g/mol. The average molecular weight is 421 g/mol. The molecule has 0 amide bonds. The van der Waals surface area contributed by atoms with E-state index in [1.807, 2.05) is 0 Å². The highest BCUT2D eigenvalue weighted by Gasteiger charge is 2.15. The Bertz CT molecular complexity index is 1800. The largest absolute Gasteiger partial charge is 0.292 e. The van der Waals surface area contributed by atoms with Crippen molar-refractivity contribution >= 4 is 38.4 Å². The van der Waals surface area contributed by atoms with Gasteiger partial charge in [0.25, 0.3) is 0 Å². The molecule has 0 spiro atoms. The first-order valence-electron chi connectivity index (χ1n) is 11.2. The maximum atomic E-state index is 5.06. The maximum Gasteiger partial charge on any atom is 0.146 e. The molecule has 0 unspecified atom stereocenters. The van der Waals surface area contributed by atoms with Gasteiger partial charge in [-0.25, -0.2) is 4.98 Å². The van der Waals surface area contributed by atoms with Crippen LogP contribution in [0.3, 0.4) is 0 Å². The minimum Gasteiger partial charge on any atom is -0.292 e. The van der Waals surface area contributed by atoms with Crippen LogP contribution in [0.2, 0.25) is 0 Å². The molecule has 2 heterocycles. The number of pyridine rings is 1. The van der Waals surface area contributed by atoms with Crippen molar-refractivity contribution in [2.45, 2.75) is 0 Å². The molecule has 7 aromatic rings. The number of hydrogen-bond donors (Lipinski definition) is 0. The number of hydrogen-bond acceptors (Lipinski definition) is 1. The van der Waals surface area contributed by atoms with E-state index in [0.717, 1.165) is 16.7 Å². The van der Waals surface area contributed by atoms with E-state index in [9.17, 15) is 0 Å². The molecule has 5 aromatic carbocycles. The molecule has 0 saturated heterocycles. The summed E-state index contributed by atoms with van der Waals surface area (Å²) in [6.07, 6.45) is 0. The topological polar surface area (TPSA) is 17.3 Å². The lowest BCUT2D eigenvalue weighted by atomic mass is 9.97. The molecule has 2 heteroatoms. The van der Waals surface area contributed by atoms with E-state index < -0.39 is 0 Å². The molecule has 0 N–H and O–H groups in total. The Morgan fingerprint density at radius 2 is 1.03 bits per heavy atom. The molecular formula is C31H20N2. The minimum atomic E-state index is 1.00. The lowest BCUT2D eigenvalue weighted by Crippen LogP contribution is -1.93. The smallest absolute Gasteiger partial charge is 0.146 e. The van der Waals surface area contributed by atoms with Crippen LogP contribution in [0.15, 0.2) is 121 Å². The SMILES string of the molecule is c1ccc(-c2ccc3c(c2)c2ccc(-c4ccccc4)cc2n2c4ccccc4nc32)cc1. The first kappa shape index (κ1) is 18.2. The predicted molar refractivity (Wildman–Crippen MR) is 139 cm³/mol. The molecule has 33 heavy (non-hydrogen) atoms. The molecule has 154 valence electrons. The van der Waals surface area contributed by atoms with E-state index >= 15 is 0 Å². The van der Waals surface area contributed by atoms with E-state index in [-0.39, 0.29) is 0 Å². The van der Waals surface area contributed by atoms with Crippen molar-refractivity contribution in [2.24, 2.45) is 0 Å². The highest BCUT2D eigenvalue weighted by Crippen LogP contribution is 2.36. The first-order chi connectivity index (χ1) is 16.4. The van der Waals surface area contributed by atoms with Crippen LogP contribution in [0, 0.1) is 0 Å². The number of imidazole rings is 1. The van der Waals surface area contributed by atoms with Gasteiger partial charge in [-0.2, -0.15) is 0 Å². The predicted octanol–water partition coefficient (Wildman–Crippen LogP) is 8.13. The van der Waals surface area contributed by atoms with Crippen LogP contribution in [0.5, 0.6) is 0 Å². The van der Waals surface area contributed by atoms with Gasteiger partial charge in [0, 0.05) is 10.8 Å². The molecule has 0 fully saturated rings. The summed E-state index contributed by atoms with van der Waals surface area (Å²) in [4.78, 5) is 5.06. The fraction of sp³-hybridized carbons (Fsp3) is 0. The summed E-state index contributed by atoms with van der Waals surface area (Å²) in [7, 11) is 0. The molecule has 2 nitrogen and oxygen atoms in total. The van der Waals surface area contributed by atoms with Gasteiger partial charge in [0.1, 0.15) is 5.65 Å². The molecule has 0 saturated carbocycles. The van der Waals surface area contributed by atoms with E-state index in [1.54, 1.807) is 0 Å². The Kier molecular flexibility index (Phi) is 3.88. The number of benzene rings is 5. The third kappa shape index (κ3) is 2.78. The van der Waals surface area contributed by atoms with Gasteiger partial charge in [0.05, 0.1) is 16.6 Å². The van der Waals surface area contributed by atoms with Crippen molar-refractivity contribution < 1.29 is 0 Å². The van der Waals surface area contributed by atoms with Crippen LogP contribution in [0.1, 0.15) is 0 Å². The second kappa shape index (κ2) is 7.04. The van der Waals surface area contributed by atoms with Gasteiger partial charge >= 0.3 is 0 Å². The molecule has 2 aromatic heterocycles. The summed E-state index contributed by atoms with van der Waals surface area (Å²) in [6, 6.07) is 43.1. The van der Waals surface area contributed by atoms with Crippen molar-refractivity contribution in [1.82, 2.24) is 9.38 Å². The van der Waals surface area contributed by atoms with Crippen molar-refractivity contribution in [2.75, 3.05) is 0 Å². The first-order valence-corrected chi connectivity index (χ1v) is 11.2. The van der Waals surface area contributed by atoms with E-state index in [1.165, 1.54) is 43.9 Å². The fourth-order valence-corrected chi connectivity index (χ4v) is 4.98. The summed E-state index contributed by atoms with van der Waals surface area (Å²) in [5.41, 5.74) is 9.20. The van der Waals surface area contributed by atoms with Crippen LogP contribution in [-0.4, -0.2) is 9.38 Å². The van der Waals surface area contributed by atoms with Gasteiger partial charge < -0.3 is 0 Å². The van der Waals surface area contributed by atoms with Crippen LogP contribution in [0.25, 0.3) is 60.6 Å². The molecule has 0 atom stereocenters. The lowest BCUT2D eigenvalue weighted by Gasteiger charge is -2.12. The Morgan fingerprint density at radius 3 is 1.76 bits per heavy atom. The second-order valence-corrected chi connectivity index (χ2v) is 8.48. The Hall–Kier alpha value is -4.43. The quantitative estimate of drug-likeness (QED) is 0.258. The number of rotatable bonds is 2. The van der Waals surface area contributed by atoms with Crippen molar-refractivity contribution in [3.8, 4) is 22.3 Å². The highest BCUT2D eigenvalue weighted by molar-refractivity contribution is 6.15. The normalized spacial score (nSPS) is 11.6. The Balaban J connectivity index is 1.64. The van der Waals surface area contributed by atoms with E-state index in [2.05, 4.69) is 126 Å². The summed E-state index contributed by atoms with van der Waals surface area (Å²) in [5, 5.41) is 3.64. The van der Waals surface area contributed by atoms with E-state index in [0.29, 0.717) is 0 Å². The number of fused-ring (bicyclic) bond motifs is 8. The second-order valence-electron chi connectivity index (χ2n) is 8.48. The van der Waals surface area contributed by atoms with Crippen LogP contribution < -0.4 is 0 Å². The number of aromatic nitrogens is 2. The molecule has 7 rings (SSSR count). The third-order valence-corrected chi connectivity index (χ3v) is 6.56. The standard InChI is InChI=1S/C31H20N2/c1-3-9-21(10-4-1)23-16-18-26-27(19-23)25-17-15-24(22-11-5-2-6-12-22)20-30(25)33-29-14-8-7-13-28(29)32-31(26)33/h1-20H. The average Bonchev–Trinajstić information content (AvgIpc) is 3.29. The zero-order valence-corrected chi connectivity index (χ0v) is 17.9. The van der Waals surface area contributed by atoms with Gasteiger partial charge in [-0.15, -0.1) is 0 Å². The van der Waals surface area contributed by atoms with Gasteiger partial charge in [0.2, 0.25) is 0 Å². The third-order valence-electron chi connectivity index (χ3n) is 6.56. The molecule has 0 aliphatic rings. The summed E-state index contributed by atoms with van der Waals surface area (Å²) in [5.74, 6) is 0. The van der Waals surface area contributed by atoms with Gasteiger partial charge in [-0.1, -0.05) is 91.0 Å². The van der Waals surface area contributed by atoms with Crippen molar-refractivity contribution in [3.63, 3.8) is 0 Å². The highest BCUT2D eigenvalue weighted by atomic mass is 15.0. The Labute approximate surface area is 191 Å².